The fourth-order valence-corrected chi connectivity index (χ4v) is 4.54. The highest BCUT2D eigenvalue weighted by atomic mass is 35.5. The average molecular weight is 586 g/mol. The molecule has 0 aliphatic rings. The maximum absolute atomic E-state index is 13.2. The van der Waals surface area contributed by atoms with E-state index in [1.54, 1.807) is 86.0 Å². The van der Waals surface area contributed by atoms with E-state index in [4.69, 9.17) is 16.3 Å². The minimum Gasteiger partial charge on any atom is -0.497 e. The van der Waals surface area contributed by atoms with E-state index in [0.29, 0.717) is 33.3 Å². The number of hydrogen-bond acceptors (Lipinski definition) is 5. The highest BCUT2D eigenvalue weighted by molar-refractivity contribution is 8.00. The summed E-state index contributed by atoms with van der Waals surface area (Å²) in [6, 6.07) is 28.3. The van der Waals surface area contributed by atoms with Gasteiger partial charge in [0.15, 0.2) is 0 Å². The summed E-state index contributed by atoms with van der Waals surface area (Å²) in [6.07, 6.45) is 1.60. The van der Waals surface area contributed by atoms with Crippen LogP contribution in [-0.2, 0) is 9.59 Å². The maximum Gasteiger partial charge on any atom is 0.272 e. The van der Waals surface area contributed by atoms with Crippen LogP contribution in [0.2, 0.25) is 5.02 Å². The highest BCUT2D eigenvalue weighted by Crippen LogP contribution is 2.23. The van der Waals surface area contributed by atoms with Gasteiger partial charge in [0.2, 0.25) is 5.91 Å². The number of amides is 3. The molecule has 0 aliphatic carbocycles. The Morgan fingerprint density at radius 2 is 1.54 bits per heavy atom. The second-order valence-electron chi connectivity index (χ2n) is 8.93. The molecule has 41 heavy (non-hydrogen) atoms. The van der Waals surface area contributed by atoms with Crippen molar-refractivity contribution in [2.45, 2.75) is 11.8 Å². The Balaban J connectivity index is 1.40. The van der Waals surface area contributed by atoms with Crippen molar-refractivity contribution in [2.75, 3.05) is 23.5 Å². The number of aryl methyl sites for hydroxylation is 1. The topological polar surface area (TPSA) is 96.5 Å². The number of nitrogens with one attached hydrogen (secondary N) is 3. The van der Waals surface area contributed by atoms with Gasteiger partial charge in [0, 0.05) is 26.9 Å². The molecule has 208 valence electrons. The van der Waals surface area contributed by atoms with E-state index in [1.807, 2.05) is 31.2 Å². The second kappa shape index (κ2) is 14.2. The van der Waals surface area contributed by atoms with Gasteiger partial charge < -0.3 is 20.7 Å². The Hall–Kier alpha value is -4.53. The molecule has 7 nitrogen and oxygen atoms in total. The number of carbonyl (C=O) groups excluding carboxylic acids is 3. The van der Waals surface area contributed by atoms with Crippen LogP contribution in [0.4, 0.5) is 11.4 Å². The van der Waals surface area contributed by atoms with Gasteiger partial charge in [-0.1, -0.05) is 48.0 Å². The van der Waals surface area contributed by atoms with Gasteiger partial charge in [0.1, 0.15) is 11.4 Å². The number of methoxy groups -OCH3 is 1. The van der Waals surface area contributed by atoms with Crippen molar-refractivity contribution in [1.29, 1.82) is 0 Å². The lowest BCUT2D eigenvalue weighted by Crippen LogP contribution is -2.30. The number of carbonyl (C=O) groups is 3. The molecule has 0 bridgehead atoms. The molecule has 0 radical (unpaired) electrons. The molecule has 0 aliphatic heterocycles. The van der Waals surface area contributed by atoms with E-state index < -0.39 is 11.8 Å². The maximum atomic E-state index is 13.2. The Morgan fingerprint density at radius 3 is 2.20 bits per heavy atom. The smallest absolute Gasteiger partial charge is 0.272 e. The Morgan fingerprint density at radius 1 is 0.854 bits per heavy atom. The number of hydrogen-bond donors (Lipinski definition) is 3. The number of benzene rings is 4. The number of ether oxygens (including phenoxy) is 1. The highest BCUT2D eigenvalue weighted by Gasteiger charge is 2.15. The van der Waals surface area contributed by atoms with Gasteiger partial charge in [-0.2, -0.15) is 0 Å². The van der Waals surface area contributed by atoms with E-state index in [2.05, 4.69) is 16.0 Å². The van der Waals surface area contributed by atoms with Gasteiger partial charge in [0.25, 0.3) is 11.8 Å². The lowest BCUT2D eigenvalue weighted by molar-refractivity contribution is -0.114. The minimum absolute atomic E-state index is 0.0790. The standard InChI is InChI=1S/C32H28ClN3O4S/c1-21-8-11-25(19-28(21)33)34-30(37)20-41-27-16-12-24(13-17-27)35-32(39)29(18-22-9-14-26(40-2)15-10-22)36-31(38)23-6-4-3-5-7-23/h3-19H,20H2,1-2H3,(H,34,37)(H,35,39)(H,36,38)/b29-18-. The molecule has 0 atom stereocenters. The van der Waals surface area contributed by atoms with Crippen molar-refractivity contribution in [3.63, 3.8) is 0 Å². The van der Waals surface area contributed by atoms with Crippen molar-refractivity contribution >= 4 is 58.5 Å². The first-order valence-electron chi connectivity index (χ1n) is 12.6. The van der Waals surface area contributed by atoms with E-state index in [1.165, 1.54) is 11.8 Å². The molecule has 4 aromatic carbocycles. The number of thioether (sulfide) groups is 1. The van der Waals surface area contributed by atoms with Gasteiger partial charge in [-0.25, -0.2) is 0 Å². The molecule has 0 unspecified atom stereocenters. The lowest BCUT2D eigenvalue weighted by Gasteiger charge is -2.12. The molecule has 3 amide bonds. The summed E-state index contributed by atoms with van der Waals surface area (Å²) in [5.74, 6) is -0.163. The van der Waals surface area contributed by atoms with Crippen LogP contribution in [0.1, 0.15) is 21.5 Å². The summed E-state index contributed by atoms with van der Waals surface area (Å²) in [5, 5.41) is 8.98. The first-order chi connectivity index (χ1) is 19.8. The number of halogens is 1. The molecule has 0 heterocycles. The van der Waals surface area contributed by atoms with Crippen molar-refractivity contribution in [2.24, 2.45) is 0 Å². The van der Waals surface area contributed by atoms with Crippen LogP contribution >= 0.6 is 23.4 Å². The third-order valence-electron chi connectivity index (χ3n) is 5.89. The molecule has 4 aromatic rings. The van der Waals surface area contributed by atoms with Crippen LogP contribution in [0.3, 0.4) is 0 Å². The van der Waals surface area contributed by atoms with Crippen molar-refractivity contribution in [1.82, 2.24) is 5.32 Å². The summed E-state index contributed by atoms with van der Waals surface area (Å²) in [6.45, 7) is 1.90. The molecule has 0 aromatic heterocycles. The van der Waals surface area contributed by atoms with Crippen LogP contribution in [0, 0.1) is 6.92 Å². The molecule has 0 saturated carbocycles. The van der Waals surface area contributed by atoms with Crippen LogP contribution in [0.25, 0.3) is 6.08 Å². The average Bonchev–Trinajstić information content (AvgIpc) is 2.99. The Kier molecular flexibility index (Phi) is 10.2. The summed E-state index contributed by atoms with van der Waals surface area (Å²) < 4.78 is 5.20. The monoisotopic (exact) mass is 585 g/mol. The first-order valence-corrected chi connectivity index (χ1v) is 14.0. The van der Waals surface area contributed by atoms with E-state index in [9.17, 15) is 14.4 Å². The molecule has 9 heteroatoms. The van der Waals surface area contributed by atoms with E-state index in [0.717, 1.165) is 10.5 Å². The Labute approximate surface area is 248 Å². The molecule has 0 saturated heterocycles. The zero-order valence-electron chi connectivity index (χ0n) is 22.4. The number of anilines is 2. The largest absolute Gasteiger partial charge is 0.497 e. The Bertz CT molecular complexity index is 1560. The van der Waals surface area contributed by atoms with Gasteiger partial charge in [-0.3, -0.25) is 14.4 Å². The van der Waals surface area contributed by atoms with Crippen molar-refractivity contribution < 1.29 is 19.1 Å². The summed E-state index contributed by atoms with van der Waals surface area (Å²) in [4.78, 5) is 39.3. The lowest BCUT2D eigenvalue weighted by atomic mass is 10.1. The fraction of sp³-hybridized carbons (Fsp3) is 0.0938. The molecular weight excluding hydrogens is 558 g/mol. The van der Waals surface area contributed by atoms with Gasteiger partial charge in [-0.15, -0.1) is 11.8 Å². The minimum atomic E-state index is -0.485. The third kappa shape index (κ3) is 8.73. The van der Waals surface area contributed by atoms with Crippen LogP contribution in [0.15, 0.2) is 108 Å². The van der Waals surface area contributed by atoms with Crippen LogP contribution in [0.5, 0.6) is 5.75 Å². The molecule has 3 N–H and O–H groups in total. The summed E-state index contributed by atoms with van der Waals surface area (Å²) in [5.41, 5.74) is 3.33. The number of rotatable bonds is 10. The second-order valence-corrected chi connectivity index (χ2v) is 10.4. The zero-order valence-corrected chi connectivity index (χ0v) is 24.0. The van der Waals surface area contributed by atoms with Gasteiger partial charge in [0.05, 0.1) is 12.9 Å². The molecule has 4 rings (SSSR count). The van der Waals surface area contributed by atoms with Crippen molar-refractivity contribution in [3.05, 3.63) is 124 Å². The normalized spacial score (nSPS) is 11.0. The fourth-order valence-electron chi connectivity index (χ4n) is 3.66. The molecule has 0 fully saturated rings. The quantitative estimate of drug-likeness (QED) is 0.140. The van der Waals surface area contributed by atoms with Gasteiger partial charge >= 0.3 is 0 Å². The van der Waals surface area contributed by atoms with Gasteiger partial charge in [-0.05, 0) is 84.8 Å². The molecular formula is C32H28ClN3O4S. The predicted molar refractivity (Wildman–Crippen MR) is 165 cm³/mol. The SMILES string of the molecule is COc1ccc(/C=C(\NC(=O)c2ccccc2)C(=O)Nc2ccc(SCC(=O)Nc3ccc(C)c(Cl)c3)cc2)cc1. The van der Waals surface area contributed by atoms with Crippen molar-refractivity contribution in [3.8, 4) is 5.75 Å². The van der Waals surface area contributed by atoms with Crippen LogP contribution in [-0.4, -0.2) is 30.6 Å². The molecule has 0 spiro atoms. The van der Waals surface area contributed by atoms with Crippen LogP contribution < -0.4 is 20.7 Å². The zero-order chi connectivity index (χ0) is 29.2. The first kappa shape index (κ1) is 29.5. The predicted octanol–water partition coefficient (Wildman–Crippen LogP) is 6.80. The summed E-state index contributed by atoms with van der Waals surface area (Å²) >= 11 is 7.49. The third-order valence-corrected chi connectivity index (χ3v) is 7.31. The van der Waals surface area contributed by atoms with E-state index in [-0.39, 0.29) is 17.4 Å². The summed E-state index contributed by atoms with van der Waals surface area (Å²) in [7, 11) is 1.57. The van der Waals surface area contributed by atoms with E-state index >= 15 is 0 Å².